The van der Waals surface area contributed by atoms with Crippen molar-refractivity contribution in [1.29, 1.82) is 0 Å². The van der Waals surface area contributed by atoms with Crippen molar-refractivity contribution in [3.05, 3.63) is 47.4 Å². The van der Waals surface area contributed by atoms with E-state index in [1.807, 2.05) is 53.1 Å². The quantitative estimate of drug-likeness (QED) is 0.624. The Balaban J connectivity index is 1.66. The second kappa shape index (κ2) is 8.79. The molecular formula is C25H33N5O4. The minimum atomic E-state index is -0.938. The van der Waals surface area contributed by atoms with Crippen LogP contribution in [0.15, 0.2) is 30.6 Å². The average Bonchev–Trinajstić information content (AvgIpc) is 3.37. The maximum absolute atomic E-state index is 12.5. The first-order chi connectivity index (χ1) is 16.0. The number of piperazine rings is 1. The van der Waals surface area contributed by atoms with E-state index < -0.39 is 11.6 Å². The molecule has 1 saturated heterocycles. The molecule has 1 fully saturated rings. The lowest BCUT2D eigenvalue weighted by Gasteiger charge is -2.39. The summed E-state index contributed by atoms with van der Waals surface area (Å²) in [5.74, 6) is -0.938. The minimum absolute atomic E-state index is 0.0469. The minimum Gasteiger partial charge on any atom is -0.478 e. The number of rotatable bonds is 4. The van der Waals surface area contributed by atoms with Crippen LogP contribution in [0.1, 0.15) is 55.4 Å². The SMILES string of the molecule is Cc1c(C(=O)O)cc2cc(-c3ccnn3C)cn2c1C(C)N1CCN(C(=O)OC(C)(C)C)CC1. The zero-order chi connectivity index (χ0) is 24.8. The summed E-state index contributed by atoms with van der Waals surface area (Å²) in [6.07, 6.45) is 3.50. The van der Waals surface area contributed by atoms with E-state index >= 15 is 0 Å². The standard InChI is InChI=1S/C25H33N5O4/c1-16-20(23(31)32)14-19-13-18(21-7-8-26-27(21)6)15-30(19)22(16)17(2)28-9-11-29(12-10-28)24(33)34-25(3,4)5/h7-8,13-15,17H,9-12H2,1-6H3,(H,31,32). The normalized spacial score (nSPS) is 16.1. The number of carbonyl (C=O) groups excluding carboxylic acids is 1. The summed E-state index contributed by atoms with van der Waals surface area (Å²) in [6.45, 7) is 12.0. The van der Waals surface area contributed by atoms with Crippen molar-refractivity contribution in [1.82, 2.24) is 24.0 Å². The van der Waals surface area contributed by atoms with Crippen molar-refractivity contribution in [3.8, 4) is 11.3 Å². The van der Waals surface area contributed by atoms with Gasteiger partial charge in [0.15, 0.2) is 0 Å². The number of aromatic carboxylic acids is 1. The Morgan fingerprint density at radius 2 is 1.82 bits per heavy atom. The molecule has 0 saturated carbocycles. The van der Waals surface area contributed by atoms with Gasteiger partial charge in [0, 0.05) is 68.4 Å². The molecule has 34 heavy (non-hydrogen) atoms. The molecule has 4 heterocycles. The molecule has 0 radical (unpaired) electrons. The van der Waals surface area contributed by atoms with Crippen molar-refractivity contribution in [2.24, 2.45) is 7.05 Å². The molecule has 1 N–H and O–H groups in total. The fraction of sp³-hybridized carbons (Fsp3) is 0.480. The van der Waals surface area contributed by atoms with Gasteiger partial charge in [-0.2, -0.15) is 5.10 Å². The topological polar surface area (TPSA) is 92.3 Å². The highest BCUT2D eigenvalue weighted by Gasteiger charge is 2.30. The maximum atomic E-state index is 12.5. The first-order valence-electron chi connectivity index (χ1n) is 11.6. The largest absolute Gasteiger partial charge is 0.478 e. The summed E-state index contributed by atoms with van der Waals surface area (Å²) < 4.78 is 9.41. The van der Waals surface area contributed by atoms with Crippen molar-refractivity contribution < 1.29 is 19.4 Å². The number of carbonyl (C=O) groups is 2. The molecule has 1 aliphatic rings. The van der Waals surface area contributed by atoms with E-state index in [-0.39, 0.29) is 12.1 Å². The number of aromatic nitrogens is 3. The number of amides is 1. The van der Waals surface area contributed by atoms with Gasteiger partial charge in [0.05, 0.1) is 11.3 Å². The van der Waals surface area contributed by atoms with E-state index in [0.717, 1.165) is 28.0 Å². The first kappa shape index (κ1) is 23.8. The van der Waals surface area contributed by atoms with Crippen LogP contribution in [0.3, 0.4) is 0 Å². The summed E-state index contributed by atoms with van der Waals surface area (Å²) in [5, 5.41) is 14.1. The Kier molecular flexibility index (Phi) is 6.16. The van der Waals surface area contributed by atoms with Crippen molar-refractivity contribution in [2.45, 2.75) is 46.3 Å². The van der Waals surface area contributed by atoms with Crippen LogP contribution in [-0.4, -0.2) is 72.9 Å². The summed E-state index contributed by atoms with van der Waals surface area (Å²) >= 11 is 0. The molecule has 0 bridgehead atoms. The van der Waals surface area contributed by atoms with Gasteiger partial charge in [0.25, 0.3) is 0 Å². The Morgan fingerprint density at radius 1 is 1.15 bits per heavy atom. The van der Waals surface area contributed by atoms with Gasteiger partial charge in [-0.1, -0.05) is 0 Å². The van der Waals surface area contributed by atoms with E-state index in [2.05, 4.69) is 21.3 Å². The predicted molar refractivity (Wildman–Crippen MR) is 129 cm³/mol. The van der Waals surface area contributed by atoms with E-state index in [1.165, 1.54) is 0 Å². The molecule has 4 rings (SSSR count). The lowest BCUT2D eigenvalue weighted by molar-refractivity contribution is 0.0107. The van der Waals surface area contributed by atoms with Crippen LogP contribution in [0.25, 0.3) is 16.8 Å². The maximum Gasteiger partial charge on any atom is 0.410 e. The van der Waals surface area contributed by atoms with Gasteiger partial charge in [-0.05, 0) is 58.4 Å². The lowest BCUT2D eigenvalue weighted by atomic mass is 10.0. The number of pyridine rings is 1. The number of carboxylic acid groups (broad SMARTS) is 1. The number of hydrogen-bond acceptors (Lipinski definition) is 5. The van der Waals surface area contributed by atoms with Gasteiger partial charge < -0.3 is 19.1 Å². The van der Waals surface area contributed by atoms with Gasteiger partial charge >= 0.3 is 12.1 Å². The fourth-order valence-corrected chi connectivity index (χ4v) is 4.70. The van der Waals surface area contributed by atoms with Crippen LogP contribution in [0, 0.1) is 6.92 Å². The van der Waals surface area contributed by atoms with Crippen LogP contribution >= 0.6 is 0 Å². The number of aryl methyl sites for hydroxylation is 1. The molecular weight excluding hydrogens is 434 g/mol. The molecule has 1 amide bonds. The Labute approximate surface area is 199 Å². The van der Waals surface area contributed by atoms with Gasteiger partial charge in [0.1, 0.15) is 5.60 Å². The molecule has 0 aliphatic carbocycles. The molecule has 1 atom stereocenters. The third-order valence-electron chi connectivity index (χ3n) is 6.45. The van der Waals surface area contributed by atoms with E-state index in [1.54, 1.807) is 21.8 Å². The van der Waals surface area contributed by atoms with Crippen molar-refractivity contribution in [2.75, 3.05) is 26.2 Å². The zero-order valence-electron chi connectivity index (χ0n) is 20.7. The molecule has 0 spiro atoms. The van der Waals surface area contributed by atoms with Crippen molar-refractivity contribution in [3.63, 3.8) is 0 Å². The smallest absolute Gasteiger partial charge is 0.410 e. The van der Waals surface area contributed by atoms with Crippen LogP contribution in [0.5, 0.6) is 0 Å². The summed E-state index contributed by atoms with van der Waals surface area (Å²) in [6, 6.07) is 5.63. The number of nitrogens with zero attached hydrogens (tertiary/aromatic N) is 5. The summed E-state index contributed by atoms with van der Waals surface area (Å²) in [4.78, 5) is 28.5. The number of fused-ring (bicyclic) bond motifs is 1. The Bertz CT molecular complexity index is 1230. The highest BCUT2D eigenvalue weighted by Crippen LogP contribution is 2.32. The Morgan fingerprint density at radius 3 is 2.38 bits per heavy atom. The van der Waals surface area contributed by atoms with Crippen LogP contribution in [0.2, 0.25) is 0 Å². The van der Waals surface area contributed by atoms with Crippen LogP contribution in [0.4, 0.5) is 4.79 Å². The van der Waals surface area contributed by atoms with Crippen LogP contribution < -0.4 is 0 Å². The Hall–Kier alpha value is -3.33. The van der Waals surface area contributed by atoms with E-state index in [9.17, 15) is 14.7 Å². The zero-order valence-corrected chi connectivity index (χ0v) is 20.7. The van der Waals surface area contributed by atoms with Gasteiger partial charge in [0.2, 0.25) is 0 Å². The molecule has 3 aromatic heterocycles. The number of carboxylic acids is 1. The molecule has 3 aromatic rings. The summed E-state index contributed by atoms with van der Waals surface area (Å²) in [5.41, 5.74) is 4.22. The average molecular weight is 468 g/mol. The predicted octanol–water partition coefficient (Wildman–Crippen LogP) is 3.96. The molecule has 1 aliphatic heterocycles. The third-order valence-corrected chi connectivity index (χ3v) is 6.45. The number of hydrogen-bond donors (Lipinski definition) is 1. The molecule has 182 valence electrons. The van der Waals surface area contributed by atoms with Gasteiger partial charge in [-0.25, -0.2) is 9.59 Å². The second-order valence-corrected chi connectivity index (χ2v) is 9.92. The first-order valence-corrected chi connectivity index (χ1v) is 11.6. The lowest BCUT2D eigenvalue weighted by Crippen LogP contribution is -2.50. The van der Waals surface area contributed by atoms with E-state index in [4.69, 9.17) is 4.74 Å². The monoisotopic (exact) mass is 467 g/mol. The second-order valence-electron chi connectivity index (χ2n) is 9.92. The summed E-state index contributed by atoms with van der Waals surface area (Å²) in [7, 11) is 1.89. The third kappa shape index (κ3) is 4.52. The van der Waals surface area contributed by atoms with Gasteiger partial charge in [-0.3, -0.25) is 9.58 Å². The molecule has 1 unspecified atom stereocenters. The van der Waals surface area contributed by atoms with E-state index in [0.29, 0.717) is 31.7 Å². The molecule has 9 nitrogen and oxygen atoms in total. The molecule has 9 heteroatoms. The number of ether oxygens (including phenoxy) is 1. The van der Waals surface area contributed by atoms with Gasteiger partial charge in [-0.15, -0.1) is 0 Å². The van der Waals surface area contributed by atoms with Crippen molar-refractivity contribution >= 4 is 17.6 Å². The van der Waals surface area contributed by atoms with Crippen LogP contribution in [-0.2, 0) is 11.8 Å². The molecule has 0 aromatic carbocycles. The highest BCUT2D eigenvalue weighted by atomic mass is 16.6. The fourth-order valence-electron chi connectivity index (χ4n) is 4.70. The highest BCUT2D eigenvalue weighted by molar-refractivity contribution is 5.91.